The van der Waals surface area contributed by atoms with Crippen LogP contribution < -0.4 is 0 Å². The summed E-state index contributed by atoms with van der Waals surface area (Å²) in [6.07, 6.45) is 33.5. The molecular formula is C64H94N2Ni. The van der Waals surface area contributed by atoms with Crippen molar-refractivity contribution in [3.8, 4) is 0 Å². The van der Waals surface area contributed by atoms with E-state index < -0.39 is 0 Å². The van der Waals surface area contributed by atoms with Crippen LogP contribution in [-0.2, 0) is 55.0 Å². The molecule has 0 N–H and O–H groups in total. The Morgan fingerprint density at radius 3 is 0.866 bits per heavy atom. The predicted octanol–water partition coefficient (Wildman–Crippen LogP) is 19.9. The number of benzene rings is 4. The van der Waals surface area contributed by atoms with Crippen LogP contribution in [0.15, 0.2) is 108 Å². The molecule has 1 aliphatic heterocycles. The van der Waals surface area contributed by atoms with E-state index in [2.05, 4.69) is 116 Å². The largest absolute Gasteiger partial charge is 2.00 e. The molecule has 0 atom stereocenters. The molecule has 0 unspecified atom stereocenters. The van der Waals surface area contributed by atoms with E-state index in [1.54, 1.807) is 4.70 Å². The van der Waals surface area contributed by atoms with E-state index in [-0.39, 0.29) is 16.5 Å². The van der Waals surface area contributed by atoms with Crippen molar-refractivity contribution in [2.45, 2.75) is 221 Å². The maximum absolute atomic E-state index is 12.6. The quantitative estimate of drug-likeness (QED) is 0.0215. The fourth-order valence-electron chi connectivity index (χ4n) is 9.18. The maximum atomic E-state index is 12.6. The first-order valence-electron chi connectivity index (χ1n) is 27.3. The van der Waals surface area contributed by atoms with Crippen LogP contribution in [-0.4, -0.2) is 4.70 Å². The summed E-state index contributed by atoms with van der Waals surface area (Å²) in [7, 11) is 0. The molecule has 1 heterocycles. The number of aryl methyl sites for hydroxylation is 4. The summed E-state index contributed by atoms with van der Waals surface area (Å²) >= 11 is 0. The number of allylic oxidation sites excluding steroid dienone is 2. The molecule has 0 aromatic heterocycles. The molecule has 3 heteroatoms. The van der Waals surface area contributed by atoms with Gasteiger partial charge in [0, 0.05) is 22.3 Å². The standard InChI is InChI=1S/C48H76N2.2C8H9.Ni/c1-7-13-19-23-27-39-33-40(28-24-20-14-8-2)36-43(35-39)47-45(31-17-11-5)46(32-18-12-6)48(50(47)49)44-37-41(29-25-21-15-9-3)34-42(38-44)30-26-22-16-10-4;2*1-2-8-6-4-3-5-7-8;/h33-38H,7-32H2,1-6H3;2*3-7H,1-2H2;/q;2*-1;+2. The van der Waals surface area contributed by atoms with E-state index in [0.717, 1.165) is 88.4 Å². The topological polar surface area (TPSA) is 25.3 Å². The van der Waals surface area contributed by atoms with E-state index in [1.807, 2.05) is 36.4 Å². The third kappa shape index (κ3) is 22.6. The Kier molecular flexibility index (Phi) is 33.2. The van der Waals surface area contributed by atoms with Gasteiger partial charge >= 0.3 is 16.5 Å². The van der Waals surface area contributed by atoms with Gasteiger partial charge < -0.3 is 19.4 Å². The van der Waals surface area contributed by atoms with Gasteiger partial charge in [0.25, 0.3) is 0 Å². The van der Waals surface area contributed by atoms with Gasteiger partial charge in [-0.2, -0.15) is 12.8 Å². The van der Waals surface area contributed by atoms with Crippen molar-refractivity contribution in [3.63, 3.8) is 0 Å². The van der Waals surface area contributed by atoms with Crippen molar-refractivity contribution in [2.24, 2.45) is 0 Å². The fraction of sp³-hybridized carbons (Fsp3) is 0.531. The van der Waals surface area contributed by atoms with Crippen molar-refractivity contribution < 1.29 is 21.2 Å². The molecular weight excluding hydrogens is 855 g/mol. The van der Waals surface area contributed by atoms with Crippen LogP contribution in [0.1, 0.15) is 227 Å². The molecule has 5 rings (SSSR count). The SMILES string of the molecule is CCCCCCc1cc(CCCCCC)cc(C2=C(CCCC)C(CCCC)=C(c3cc(CCCCCC)cc(CCCCCC)c3)[N+]2=[N-])c1.[CH2-]Cc1ccccc1.[CH2-]Cc1ccccc1.[Ni+2]. The molecule has 4 aromatic rings. The predicted molar refractivity (Wildman–Crippen MR) is 292 cm³/mol. The average Bonchev–Trinajstić information content (AvgIpc) is 3.63. The van der Waals surface area contributed by atoms with Crippen molar-refractivity contribution in [2.75, 3.05) is 0 Å². The first-order valence-corrected chi connectivity index (χ1v) is 27.3. The second kappa shape index (κ2) is 37.4. The molecule has 67 heavy (non-hydrogen) atoms. The third-order valence-corrected chi connectivity index (χ3v) is 13.1. The molecule has 370 valence electrons. The summed E-state index contributed by atoms with van der Waals surface area (Å²) in [4.78, 5) is 0. The number of hydrogen-bond acceptors (Lipinski definition) is 0. The second-order valence-electron chi connectivity index (χ2n) is 19.0. The number of nitrogens with zero attached hydrogens (tertiary/aromatic N) is 2. The van der Waals surface area contributed by atoms with Gasteiger partial charge in [-0.25, -0.2) is 4.70 Å². The van der Waals surface area contributed by atoms with Gasteiger partial charge in [0.2, 0.25) is 11.4 Å². The van der Waals surface area contributed by atoms with Crippen molar-refractivity contribution in [1.29, 1.82) is 0 Å². The van der Waals surface area contributed by atoms with Gasteiger partial charge in [0.05, 0.1) is 0 Å². The van der Waals surface area contributed by atoms with E-state index in [0.29, 0.717) is 0 Å². The van der Waals surface area contributed by atoms with Crippen molar-refractivity contribution >= 4 is 11.4 Å². The van der Waals surface area contributed by atoms with Gasteiger partial charge in [-0.3, -0.25) is 0 Å². The zero-order valence-corrected chi connectivity index (χ0v) is 44.6. The molecule has 0 spiro atoms. The smallest absolute Gasteiger partial charge is 0.493 e. The number of rotatable bonds is 30. The number of unbranched alkanes of at least 4 members (excludes halogenated alkanes) is 14. The van der Waals surface area contributed by atoms with Gasteiger partial charge in [0.1, 0.15) is 0 Å². The minimum atomic E-state index is 0. The summed E-state index contributed by atoms with van der Waals surface area (Å²) in [5.41, 5.74) is 28.4. The Hall–Kier alpha value is -3.55. The summed E-state index contributed by atoms with van der Waals surface area (Å²) in [6.45, 7) is 21.3. The molecule has 0 amide bonds. The molecule has 0 saturated heterocycles. The number of hydrogen-bond donors (Lipinski definition) is 0. The summed E-state index contributed by atoms with van der Waals surface area (Å²) in [5.74, 6) is 0. The first-order chi connectivity index (χ1) is 32.4. The van der Waals surface area contributed by atoms with Crippen LogP contribution in [0.25, 0.3) is 16.9 Å². The summed E-state index contributed by atoms with van der Waals surface area (Å²) in [6, 6.07) is 35.2. The second-order valence-corrected chi connectivity index (χ2v) is 19.0. The minimum Gasteiger partial charge on any atom is -0.493 e. The Labute approximate surface area is 423 Å². The zero-order chi connectivity index (χ0) is 47.6. The van der Waals surface area contributed by atoms with Crippen LogP contribution in [0, 0.1) is 13.8 Å². The Balaban J connectivity index is 0.000000755. The minimum absolute atomic E-state index is 0. The van der Waals surface area contributed by atoms with E-state index in [1.165, 1.54) is 158 Å². The molecule has 0 fully saturated rings. The fourth-order valence-corrected chi connectivity index (χ4v) is 9.18. The molecule has 1 aliphatic rings. The molecule has 0 bridgehead atoms. The van der Waals surface area contributed by atoms with Crippen LogP contribution in [0.4, 0.5) is 0 Å². The van der Waals surface area contributed by atoms with E-state index >= 15 is 0 Å². The molecule has 2 nitrogen and oxygen atoms in total. The van der Waals surface area contributed by atoms with Gasteiger partial charge in [-0.05, 0) is 124 Å². The Morgan fingerprint density at radius 1 is 0.343 bits per heavy atom. The van der Waals surface area contributed by atoms with Crippen molar-refractivity contribution in [3.05, 3.63) is 172 Å². The van der Waals surface area contributed by atoms with Crippen LogP contribution in [0.2, 0.25) is 0 Å². The van der Waals surface area contributed by atoms with Gasteiger partial charge in [-0.1, -0.05) is 215 Å². The van der Waals surface area contributed by atoms with Crippen LogP contribution in [0.5, 0.6) is 0 Å². The monoisotopic (exact) mass is 949 g/mol. The zero-order valence-electron chi connectivity index (χ0n) is 43.7. The van der Waals surface area contributed by atoms with Crippen LogP contribution in [0.3, 0.4) is 0 Å². The molecule has 0 aliphatic carbocycles. The normalized spacial score (nSPS) is 12.1. The van der Waals surface area contributed by atoms with Gasteiger partial charge in [0.15, 0.2) is 0 Å². The van der Waals surface area contributed by atoms with E-state index in [4.69, 9.17) is 0 Å². The van der Waals surface area contributed by atoms with Gasteiger partial charge in [-0.15, -0.1) is 0 Å². The molecule has 0 radical (unpaired) electrons. The third-order valence-electron chi connectivity index (χ3n) is 13.1. The summed E-state index contributed by atoms with van der Waals surface area (Å²) < 4.78 is 1.67. The first kappa shape index (κ1) is 59.6. The van der Waals surface area contributed by atoms with E-state index in [9.17, 15) is 5.53 Å². The maximum Gasteiger partial charge on any atom is 2.00 e. The molecule has 0 saturated carbocycles. The Bertz CT molecular complexity index is 1750. The van der Waals surface area contributed by atoms with Crippen molar-refractivity contribution in [1.82, 2.24) is 0 Å². The average molecular weight is 950 g/mol. The molecule has 4 aromatic carbocycles. The Morgan fingerprint density at radius 2 is 0.627 bits per heavy atom. The summed E-state index contributed by atoms with van der Waals surface area (Å²) in [5, 5.41) is 0. The van der Waals surface area contributed by atoms with Crippen LogP contribution >= 0.6 is 0 Å².